The molecule has 3 nitrogen and oxygen atoms in total. The molecule has 112 valence electrons. The molecule has 0 saturated carbocycles. The Labute approximate surface area is 126 Å². The van der Waals surface area contributed by atoms with Crippen molar-refractivity contribution >= 4 is 0 Å². The van der Waals surface area contributed by atoms with Crippen LogP contribution in [-0.4, -0.2) is 18.8 Å². The van der Waals surface area contributed by atoms with Crippen molar-refractivity contribution in [1.29, 1.82) is 0 Å². The first kappa shape index (κ1) is 15.4. The van der Waals surface area contributed by atoms with Gasteiger partial charge in [0.2, 0.25) is 0 Å². The zero-order valence-corrected chi connectivity index (χ0v) is 12.8. The second kappa shape index (κ2) is 7.14. The summed E-state index contributed by atoms with van der Waals surface area (Å²) in [6.45, 7) is 4.28. The Kier molecular flexibility index (Phi) is 5.23. The minimum Gasteiger partial charge on any atom is -0.493 e. The lowest BCUT2D eigenvalue weighted by atomic mass is 10.0. The summed E-state index contributed by atoms with van der Waals surface area (Å²) in [5.74, 6) is 1.36. The van der Waals surface area contributed by atoms with Gasteiger partial charge in [0.05, 0.1) is 7.11 Å². The zero-order valence-electron chi connectivity index (χ0n) is 12.8. The lowest BCUT2D eigenvalue weighted by molar-refractivity contribution is 0.106. The number of aliphatic hydroxyl groups excluding tert-OH is 1. The first-order valence-electron chi connectivity index (χ1n) is 7.19. The van der Waals surface area contributed by atoms with Crippen LogP contribution in [0, 0.1) is 6.92 Å². The molecule has 1 atom stereocenters. The average molecular weight is 286 g/mol. The van der Waals surface area contributed by atoms with E-state index in [0.717, 1.165) is 17.5 Å². The lowest BCUT2D eigenvalue weighted by Gasteiger charge is -2.16. The van der Waals surface area contributed by atoms with Crippen molar-refractivity contribution in [2.75, 3.05) is 13.7 Å². The Balaban J connectivity index is 2.08. The van der Waals surface area contributed by atoms with Crippen LogP contribution in [0.4, 0.5) is 0 Å². The van der Waals surface area contributed by atoms with Gasteiger partial charge in [-0.3, -0.25) is 0 Å². The topological polar surface area (TPSA) is 38.7 Å². The summed E-state index contributed by atoms with van der Waals surface area (Å²) in [5, 5.41) is 10.3. The molecule has 0 radical (unpaired) electrons. The number of benzene rings is 2. The van der Waals surface area contributed by atoms with E-state index in [1.807, 2.05) is 49.4 Å². The minimum atomic E-state index is -0.651. The number of aliphatic hydroxyl groups is 1. The van der Waals surface area contributed by atoms with Crippen molar-refractivity contribution in [3.05, 3.63) is 59.2 Å². The van der Waals surface area contributed by atoms with Gasteiger partial charge in [0, 0.05) is 0 Å². The standard InChI is InChI=1S/C18H22O3/c1-4-14-9-10-17(18(11-14)20-3)21-12-16(19)15-8-6-5-7-13(15)2/h5-11,16,19H,4,12H2,1-3H3. The molecule has 0 aliphatic carbocycles. The Morgan fingerprint density at radius 2 is 1.86 bits per heavy atom. The van der Waals surface area contributed by atoms with Crippen LogP contribution >= 0.6 is 0 Å². The van der Waals surface area contributed by atoms with Gasteiger partial charge < -0.3 is 14.6 Å². The van der Waals surface area contributed by atoms with Gasteiger partial charge in [-0.15, -0.1) is 0 Å². The van der Waals surface area contributed by atoms with Crippen LogP contribution in [0.3, 0.4) is 0 Å². The van der Waals surface area contributed by atoms with E-state index in [-0.39, 0.29) is 6.61 Å². The monoisotopic (exact) mass is 286 g/mol. The molecular weight excluding hydrogens is 264 g/mol. The summed E-state index contributed by atoms with van der Waals surface area (Å²) in [6, 6.07) is 13.6. The van der Waals surface area contributed by atoms with Crippen LogP contribution in [0.5, 0.6) is 11.5 Å². The molecule has 0 aliphatic rings. The molecular formula is C18H22O3. The molecule has 2 aromatic rings. The molecule has 0 bridgehead atoms. The van der Waals surface area contributed by atoms with E-state index < -0.39 is 6.10 Å². The summed E-state index contributed by atoms with van der Waals surface area (Å²) >= 11 is 0. The van der Waals surface area contributed by atoms with Crippen molar-refractivity contribution in [3.8, 4) is 11.5 Å². The Morgan fingerprint density at radius 1 is 1.10 bits per heavy atom. The molecule has 0 heterocycles. The third kappa shape index (κ3) is 3.76. The molecule has 0 aromatic heterocycles. The normalized spacial score (nSPS) is 12.0. The largest absolute Gasteiger partial charge is 0.493 e. The van der Waals surface area contributed by atoms with Crippen LogP contribution in [0.1, 0.15) is 29.7 Å². The summed E-state index contributed by atoms with van der Waals surface area (Å²) < 4.78 is 11.1. The predicted octanol–water partition coefficient (Wildman–Crippen LogP) is 3.68. The van der Waals surface area contributed by atoms with Gasteiger partial charge in [0.15, 0.2) is 11.5 Å². The van der Waals surface area contributed by atoms with Gasteiger partial charge in [0.25, 0.3) is 0 Å². The highest BCUT2D eigenvalue weighted by Gasteiger charge is 2.12. The average Bonchev–Trinajstić information content (AvgIpc) is 2.52. The van der Waals surface area contributed by atoms with Crippen LogP contribution in [-0.2, 0) is 6.42 Å². The lowest BCUT2D eigenvalue weighted by Crippen LogP contribution is -2.11. The van der Waals surface area contributed by atoms with Crippen LogP contribution in [0.15, 0.2) is 42.5 Å². The van der Waals surface area contributed by atoms with Gasteiger partial charge in [-0.05, 0) is 42.2 Å². The van der Waals surface area contributed by atoms with Crippen molar-refractivity contribution in [2.45, 2.75) is 26.4 Å². The highest BCUT2D eigenvalue weighted by atomic mass is 16.5. The first-order valence-corrected chi connectivity index (χ1v) is 7.19. The van der Waals surface area contributed by atoms with Gasteiger partial charge in [-0.1, -0.05) is 37.3 Å². The number of aryl methyl sites for hydroxylation is 2. The van der Waals surface area contributed by atoms with Crippen molar-refractivity contribution in [3.63, 3.8) is 0 Å². The van der Waals surface area contributed by atoms with E-state index >= 15 is 0 Å². The smallest absolute Gasteiger partial charge is 0.161 e. The van der Waals surface area contributed by atoms with Crippen LogP contribution in [0.2, 0.25) is 0 Å². The molecule has 0 amide bonds. The van der Waals surface area contributed by atoms with Gasteiger partial charge >= 0.3 is 0 Å². The van der Waals surface area contributed by atoms with Gasteiger partial charge in [-0.2, -0.15) is 0 Å². The van der Waals surface area contributed by atoms with Crippen LogP contribution in [0.25, 0.3) is 0 Å². The highest BCUT2D eigenvalue weighted by molar-refractivity contribution is 5.43. The molecule has 3 heteroatoms. The van der Waals surface area contributed by atoms with Crippen molar-refractivity contribution in [2.24, 2.45) is 0 Å². The molecule has 0 fully saturated rings. The maximum atomic E-state index is 10.3. The summed E-state index contributed by atoms with van der Waals surface area (Å²) in [4.78, 5) is 0. The zero-order chi connectivity index (χ0) is 15.2. The summed E-state index contributed by atoms with van der Waals surface area (Å²) in [6.07, 6.45) is 0.296. The van der Waals surface area contributed by atoms with E-state index in [1.165, 1.54) is 5.56 Å². The predicted molar refractivity (Wildman–Crippen MR) is 84.0 cm³/mol. The second-order valence-electron chi connectivity index (χ2n) is 5.02. The Morgan fingerprint density at radius 3 is 2.52 bits per heavy atom. The number of methoxy groups -OCH3 is 1. The Hall–Kier alpha value is -2.00. The molecule has 21 heavy (non-hydrogen) atoms. The minimum absolute atomic E-state index is 0.201. The summed E-state index contributed by atoms with van der Waals surface area (Å²) in [7, 11) is 1.62. The first-order chi connectivity index (χ1) is 10.2. The van der Waals surface area contributed by atoms with Crippen molar-refractivity contribution < 1.29 is 14.6 Å². The van der Waals surface area contributed by atoms with E-state index in [2.05, 4.69) is 6.92 Å². The van der Waals surface area contributed by atoms with Gasteiger partial charge in [-0.25, -0.2) is 0 Å². The molecule has 2 aromatic carbocycles. The fourth-order valence-corrected chi connectivity index (χ4v) is 2.27. The number of ether oxygens (including phenoxy) is 2. The fraction of sp³-hybridized carbons (Fsp3) is 0.333. The third-order valence-electron chi connectivity index (χ3n) is 3.58. The number of hydrogen-bond acceptors (Lipinski definition) is 3. The maximum Gasteiger partial charge on any atom is 0.161 e. The fourth-order valence-electron chi connectivity index (χ4n) is 2.27. The summed E-state index contributed by atoms with van der Waals surface area (Å²) in [5.41, 5.74) is 3.14. The molecule has 0 spiro atoms. The van der Waals surface area contributed by atoms with E-state index in [9.17, 15) is 5.11 Å². The number of hydrogen-bond donors (Lipinski definition) is 1. The molecule has 1 unspecified atom stereocenters. The molecule has 1 N–H and O–H groups in total. The second-order valence-corrected chi connectivity index (χ2v) is 5.02. The van der Waals surface area contributed by atoms with Crippen LogP contribution < -0.4 is 9.47 Å². The van der Waals surface area contributed by atoms with E-state index in [0.29, 0.717) is 11.5 Å². The van der Waals surface area contributed by atoms with Crippen molar-refractivity contribution in [1.82, 2.24) is 0 Å². The maximum absolute atomic E-state index is 10.3. The molecule has 0 aliphatic heterocycles. The highest BCUT2D eigenvalue weighted by Crippen LogP contribution is 2.29. The van der Waals surface area contributed by atoms with E-state index in [1.54, 1.807) is 7.11 Å². The van der Waals surface area contributed by atoms with E-state index in [4.69, 9.17) is 9.47 Å². The quantitative estimate of drug-likeness (QED) is 0.880. The van der Waals surface area contributed by atoms with Gasteiger partial charge in [0.1, 0.15) is 12.7 Å². The molecule has 0 saturated heterocycles. The molecule has 2 rings (SSSR count). The third-order valence-corrected chi connectivity index (χ3v) is 3.58. The Bertz CT molecular complexity index is 593. The SMILES string of the molecule is CCc1ccc(OCC(O)c2ccccc2C)c(OC)c1. The number of rotatable bonds is 6.